The highest BCUT2D eigenvalue weighted by Crippen LogP contribution is 2.22. The van der Waals surface area contributed by atoms with Gasteiger partial charge in [-0.1, -0.05) is 22.0 Å². The maximum absolute atomic E-state index is 12.4. The molecule has 1 aromatic heterocycles. The van der Waals surface area contributed by atoms with Crippen LogP contribution in [0.5, 0.6) is 5.75 Å². The summed E-state index contributed by atoms with van der Waals surface area (Å²) in [6.45, 7) is 1.05. The number of sulfonamides is 1. The molecule has 3 aromatic rings. The lowest BCUT2D eigenvalue weighted by atomic mass is 10.3. The molecule has 0 bridgehead atoms. The molecule has 130 valence electrons. The molecule has 0 atom stereocenters. The third kappa shape index (κ3) is 4.83. The number of anilines is 1. The van der Waals surface area contributed by atoms with Gasteiger partial charge in [0.2, 0.25) is 0 Å². The van der Waals surface area contributed by atoms with E-state index >= 15 is 0 Å². The second-order valence-electron chi connectivity index (χ2n) is 5.20. The minimum absolute atomic E-state index is 0.195. The minimum atomic E-state index is -3.64. The minimum Gasteiger partial charge on any atom is -0.492 e. The highest BCUT2D eigenvalue weighted by molar-refractivity contribution is 9.10. The molecule has 0 aliphatic rings. The van der Waals surface area contributed by atoms with Gasteiger partial charge >= 0.3 is 0 Å². The van der Waals surface area contributed by atoms with E-state index in [1.165, 1.54) is 12.1 Å². The first kappa shape index (κ1) is 17.5. The van der Waals surface area contributed by atoms with Crippen molar-refractivity contribution in [3.05, 3.63) is 71.5 Å². The maximum atomic E-state index is 12.4. The maximum Gasteiger partial charge on any atom is 0.261 e. The van der Waals surface area contributed by atoms with E-state index in [1.807, 2.05) is 12.3 Å². The molecular formula is C17H16BrN3O3S. The van der Waals surface area contributed by atoms with Gasteiger partial charge < -0.3 is 4.74 Å². The highest BCUT2D eigenvalue weighted by atomic mass is 79.9. The van der Waals surface area contributed by atoms with Crippen LogP contribution in [-0.2, 0) is 16.6 Å². The van der Waals surface area contributed by atoms with Crippen molar-refractivity contribution < 1.29 is 13.2 Å². The summed E-state index contributed by atoms with van der Waals surface area (Å²) < 4.78 is 35.6. The first-order chi connectivity index (χ1) is 12.0. The zero-order chi connectivity index (χ0) is 17.7. The van der Waals surface area contributed by atoms with Crippen molar-refractivity contribution in [2.24, 2.45) is 0 Å². The monoisotopic (exact) mass is 421 g/mol. The van der Waals surface area contributed by atoms with Crippen molar-refractivity contribution in [1.29, 1.82) is 0 Å². The van der Waals surface area contributed by atoms with Crippen LogP contribution in [0.2, 0.25) is 0 Å². The zero-order valence-electron chi connectivity index (χ0n) is 13.2. The quantitative estimate of drug-likeness (QED) is 0.633. The van der Waals surface area contributed by atoms with Gasteiger partial charge in [-0.05, 0) is 42.5 Å². The summed E-state index contributed by atoms with van der Waals surface area (Å²) >= 11 is 3.29. The predicted molar refractivity (Wildman–Crippen MR) is 99.1 cm³/mol. The van der Waals surface area contributed by atoms with Gasteiger partial charge in [-0.3, -0.25) is 9.40 Å². The van der Waals surface area contributed by atoms with Crippen LogP contribution in [0.3, 0.4) is 0 Å². The number of halogens is 1. The summed E-state index contributed by atoms with van der Waals surface area (Å²) in [4.78, 5) is 0.195. The zero-order valence-corrected chi connectivity index (χ0v) is 15.6. The molecule has 1 N–H and O–H groups in total. The molecule has 0 spiro atoms. The average Bonchev–Trinajstić information content (AvgIpc) is 3.09. The smallest absolute Gasteiger partial charge is 0.261 e. The molecule has 3 rings (SSSR count). The first-order valence-corrected chi connectivity index (χ1v) is 9.79. The van der Waals surface area contributed by atoms with E-state index in [-0.39, 0.29) is 4.90 Å². The molecule has 6 nitrogen and oxygen atoms in total. The fraction of sp³-hybridized carbons (Fsp3) is 0.118. The molecule has 1 heterocycles. The number of benzene rings is 2. The van der Waals surface area contributed by atoms with Crippen molar-refractivity contribution in [2.75, 3.05) is 11.3 Å². The largest absolute Gasteiger partial charge is 0.492 e. The number of hydrogen-bond acceptors (Lipinski definition) is 4. The number of ether oxygens (including phenoxy) is 1. The molecule has 0 saturated heterocycles. The van der Waals surface area contributed by atoms with Crippen LogP contribution in [0.4, 0.5) is 5.69 Å². The van der Waals surface area contributed by atoms with E-state index in [4.69, 9.17) is 4.74 Å². The number of nitrogens with one attached hydrogen (secondary N) is 1. The lowest BCUT2D eigenvalue weighted by Crippen LogP contribution is -2.13. The Morgan fingerprint density at radius 2 is 1.92 bits per heavy atom. The predicted octanol–water partition coefficient (Wildman–Crippen LogP) is 3.53. The van der Waals surface area contributed by atoms with Crippen molar-refractivity contribution in [3.8, 4) is 5.75 Å². The van der Waals surface area contributed by atoms with E-state index in [9.17, 15) is 8.42 Å². The molecule has 2 aromatic carbocycles. The van der Waals surface area contributed by atoms with Crippen molar-refractivity contribution >= 4 is 31.6 Å². The lowest BCUT2D eigenvalue weighted by Gasteiger charge is -2.11. The molecule has 0 fully saturated rings. The Morgan fingerprint density at radius 1 is 1.12 bits per heavy atom. The number of rotatable bonds is 7. The van der Waals surface area contributed by atoms with Crippen LogP contribution in [0.25, 0.3) is 0 Å². The Labute approximate surface area is 154 Å². The van der Waals surface area contributed by atoms with Gasteiger partial charge in [0.25, 0.3) is 10.0 Å². The van der Waals surface area contributed by atoms with E-state index in [1.54, 1.807) is 47.3 Å². The summed E-state index contributed by atoms with van der Waals surface area (Å²) in [5.74, 6) is 0.586. The Balaban J connectivity index is 1.65. The lowest BCUT2D eigenvalue weighted by molar-refractivity contribution is 0.291. The molecule has 0 saturated carbocycles. The van der Waals surface area contributed by atoms with Crippen molar-refractivity contribution in [3.63, 3.8) is 0 Å². The summed E-state index contributed by atoms with van der Waals surface area (Å²) in [5, 5.41) is 4.09. The van der Waals surface area contributed by atoms with E-state index < -0.39 is 10.0 Å². The van der Waals surface area contributed by atoms with Gasteiger partial charge in [0.1, 0.15) is 12.4 Å². The third-order valence-corrected chi connectivity index (χ3v) is 5.28. The molecule has 0 aliphatic heterocycles. The van der Waals surface area contributed by atoms with Gasteiger partial charge in [0, 0.05) is 22.9 Å². The van der Waals surface area contributed by atoms with Crippen LogP contribution in [0.15, 0.2) is 76.4 Å². The molecule has 0 aliphatic carbocycles. The second-order valence-corrected chi connectivity index (χ2v) is 7.80. The molecule has 0 radical (unpaired) electrons. The Hall–Kier alpha value is -2.32. The van der Waals surface area contributed by atoms with Crippen LogP contribution in [-0.4, -0.2) is 24.8 Å². The third-order valence-electron chi connectivity index (χ3n) is 3.36. The van der Waals surface area contributed by atoms with E-state index in [0.717, 1.165) is 4.47 Å². The SMILES string of the molecule is O=S(=O)(Nc1cccc(OCCn2cccn2)c1)c1ccc(Br)cc1. The standard InChI is InChI=1S/C17H16BrN3O3S/c18-14-5-7-17(8-6-14)25(22,23)20-15-3-1-4-16(13-15)24-12-11-21-10-2-9-19-21/h1-10,13,20H,11-12H2. The summed E-state index contributed by atoms with van der Waals surface area (Å²) in [7, 11) is -3.64. The second kappa shape index (κ2) is 7.71. The molecule has 25 heavy (non-hydrogen) atoms. The topological polar surface area (TPSA) is 73.2 Å². The van der Waals surface area contributed by atoms with E-state index in [2.05, 4.69) is 25.8 Å². The molecular weight excluding hydrogens is 406 g/mol. The Morgan fingerprint density at radius 3 is 2.64 bits per heavy atom. The first-order valence-electron chi connectivity index (χ1n) is 7.52. The van der Waals surface area contributed by atoms with Gasteiger partial charge in [-0.15, -0.1) is 0 Å². The van der Waals surface area contributed by atoms with E-state index in [0.29, 0.717) is 24.6 Å². The van der Waals surface area contributed by atoms with Crippen LogP contribution < -0.4 is 9.46 Å². The highest BCUT2D eigenvalue weighted by Gasteiger charge is 2.14. The van der Waals surface area contributed by atoms with Gasteiger partial charge in [0.05, 0.1) is 17.1 Å². The fourth-order valence-corrected chi connectivity index (χ4v) is 3.48. The number of aromatic nitrogens is 2. The molecule has 0 amide bonds. The number of nitrogens with zero attached hydrogens (tertiary/aromatic N) is 2. The van der Waals surface area contributed by atoms with Crippen LogP contribution in [0.1, 0.15) is 0 Å². The Kier molecular flexibility index (Phi) is 5.40. The molecule has 8 heteroatoms. The molecule has 0 unspecified atom stereocenters. The summed E-state index contributed by atoms with van der Waals surface area (Å²) in [6, 6.07) is 15.1. The van der Waals surface area contributed by atoms with Crippen molar-refractivity contribution in [2.45, 2.75) is 11.4 Å². The van der Waals surface area contributed by atoms with Crippen LogP contribution in [0, 0.1) is 0 Å². The summed E-state index contributed by atoms with van der Waals surface area (Å²) in [6.07, 6.45) is 3.56. The Bertz CT molecular complexity index is 926. The summed E-state index contributed by atoms with van der Waals surface area (Å²) in [5.41, 5.74) is 0.444. The van der Waals surface area contributed by atoms with Crippen molar-refractivity contribution in [1.82, 2.24) is 9.78 Å². The van der Waals surface area contributed by atoms with Gasteiger partial charge in [-0.25, -0.2) is 8.42 Å². The number of hydrogen-bond donors (Lipinski definition) is 1. The normalized spacial score (nSPS) is 11.2. The van der Waals surface area contributed by atoms with Crippen LogP contribution >= 0.6 is 15.9 Å². The average molecular weight is 422 g/mol. The van der Waals surface area contributed by atoms with Gasteiger partial charge in [-0.2, -0.15) is 5.10 Å². The van der Waals surface area contributed by atoms with Gasteiger partial charge in [0.15, 0.2) is 0 Å². The fourth-order valence-electron chi connectivity index (χ4n) is 2.17.